The minimum atomic E-state index is -0.235. The minimum absolute atomic E-state index is 0.0864. The monoisotopic (exact) mass is 340 g/mol. The number of ketones is 1. The van der Waals surface area contributed by atoms with Crippen molar-refractivity contribution in [1.82, 2.24) is 14.9 Å². The summed E-state index contributed by atoms with van der Waals surface area (Å²) in [5, 5.41) is 0. The molecule has 7 heteroatoms. The number of likely N-dealkylation sites (tertiary alicyclic amines) is 1. The van der Waals surface area contributed by atoms with Crippen LogP contribution in [0.4, 0.5) is 5.82 Å². The Labute approximate surface area is 145 Å². The van der Waals surface area contributed by atoms with Gasteiger partial charge in [-0.15, -0.1) is 0 Å². The summed E-state index contributed by atoms with van der Waals surface area (Å²) in [6.07, 6.45) is 4.14. The molecule has 0 spiro atoms. The molecule has 1 aliphatic heterocycles. The molecule has 1 saturated heterocycles. The molecule has 2 heterocycles. The average molecular weight is 340 g/mol. The third-order valence-corrected chi connectivity index (χ3v) is 4.46. The van der Waals surface area contributed by atoms with E-state index in [1.54, 1.807) is 36.3 Å². The zero-order chi connectivity index (χ0) is 17.8. The number of ether oxygens (including phenoxy) is 1. The molecule has 0 radical (unpaired) electrons. The van der Waals surface area contributed by atoms with Crippen LogP contribution in [0.2, 0.25) is 0 Å². The first kappa shape index (κ1) is 16.9. The number of nitrogens with two attached hydrogens (primary N) is 1. The summed E-state index contributed by atoms with van der Waals surface area (Å²) in [5.74, 6) is 0.633. The largest absolute Gasteiger partial charge is 0.497 e. The maximum Gasteiger partial charge on any atom is 0.276 e. The first-order chi connectivity index (χ1) is 12.1. The Bertz CT molecular complexity index is 768. The predicted octanol–water partition coefficient (Wildman–Crippen LogP) is 1.80. The third-order valence-electron chi connectivity index (χ3n) is 4.46. The number of piperidine rings is 1. The number of carbonyl (C=O) groups is 2. The Kier molecular flexibility index (Phi) is 4.92. The fourth-order valence-electron chi connectivity index (χ4n) is 3.00. The zero-order valence-corrected chi connectivity index (χ0v) is 14.0. The first-order valence-electron chi connectivity index (χ1n) is 8.14. The van der Waals surface area contributed by atoms with Gasteiger partial charge in [0.15, 0.2) is 17.3 Å². The van der Waals surface area contributed by atoms with Crippen LogP contribution in [0, 0.1) is 5.92 Å². The van der Waals surface area contributed by atoms with Gasteiger partial charge in [-0.3, -0.25) is 9.59 Å². The number of carbonyl (C=O) groups excluding carboxylic acids is 2. The van der Waals surface area contributed by atoms with E-state index < -0.39 is 0 Å². The molecule has 0 saturated carbocycles. The summed E-state index contributed by atoms with van der Waals surface area (Å²) in [4.78, 5) is 34.7. The van der Waals surface area contributed by atoms with Gasteiger partial charge in [-0.05, 0) is 37.1 Å². The van der Waals surface area contributed by atoms with Crippen molar-refractivity contribution < 1.29 is 14.3 Å². The molecule has 2 aromatic rings. The molecule has 0 bridgehead atoms. The molecule has 7 nitrogen and oxygen atoms in total. The Morgan fingerprint density at radius 1 is 1.12 bits per heavy atom. The Morgan fingerprint density at radius 3 is 2.36 bits per heavy atom. The lowest BCUT2D eigenvalue weighted by Gasteiger charge is -2.31. The highest BCUT2D eigenvalue weighted by Gasteiger charge is 2.29. The number of nitrogens with zero attached hydrogens (tertiary/aromatic N) is 3. The molecule has 0 unspecified atom stereocenters. The topological polar surface area (TPSA) is 98.4 Å². The summed E-state index contributed by atoms with van der Waals surface area (Å²) in [5.41, 5.74) is 6.56. The van der Waals surface area contributed by atoms with Crippen molar-refractivity contribution in [3.8, 4) is 5.75 Å². The van der Waals surface area contributed by atoms with Crippen molar-refractivity contribution in [1.29, 1.82) is 0 Å². The minimum Gasteiger partial charge on any atom is -0.497 e. The maximum absolute atomic E-state index is 12.6. The van der Waals surface area contributed by atoms with Crippen LogP contribution < -0.4 is 10.5 Å². The van der Waals surface area contributed by atoms with Gasteiger partial charge in [0.25, 0.3) is 5.91 Å². The van der Waals surface area contributed by atoms with E-state index in [9.17, 15) is 9.59 Å². The van der Waals surface area contributed by atoms with Crippen LogP contribution in [0.25, 0.3) is 0 Å². The molecule has 1 aromatic carbocycles. The van der Waals surface area contributed by atoms with Gasteiger partial charge in [-0.25, -0.2) is 9.97 Å². The molecular formula is C18H20N4O3. The third kappa shape index (κ3) is 3.60. The van der Waals surface area contributed by atoms with Crippen molar-refractivity contribution in [3.63, 3.8) is 0 Å². The second kappa shape index (κ2) is 7.29. The summed E-state index contributed by atoms with van der Waals surface area (Å²) in [7, 11) is 1.59. The smallest absolute Gasteiger partial charge is 0.276 e. The van der Waals surface area contributed by atoms with Crippen LogP contribution in [0.3, 0.4) is 0 Å². The molecule has 1 fully saturated rings. The SMILES string of the molecule is COc1ccc(C(=O)C2CCN(C(=O)c3nccnc3N)CC2)cc1. The average Bonchev–Trinajstić information content (AvgIpc) is 2.67. The number of amides is 1. The van der Waals surface area contributed by atoms with Gasteiger partial charge in [0.1, 0.15) is 5.75 Å². The number of methoxy groups -OCH3 is 1. The van der Waals surface area contributed by atoms with Crippen LogP contribution in [0.5, 0.6) is 5.75 Å². The molecule has 1 aromatic heterocycles. The van der Waals surface area contributed by atoms with Gasteiger partial charge in [0.05, 0.1) is 7.11 Å². The standard InChI is InChI=1S/C18H20N4O3/c1-25-14-4-2-12(3-5-14)16(23)13-6-10-22(11-7-13)18(24)15-17(19)21-9-8-20-15/h2-5,8-9,13H,6-7,10-11H2,1H3,(H2,19,21). The second-order valence-corrected chi connectivity index (χ2v) is 5.95. The molecule has 0 aliphatic carbocycles. The highest BCUT2D eigenvalue weighted by atomic mass is 16.5. The van der Waals surface area contributed by atoms with E-state index in [1.165, 1.54) is 12.4 Å². The summed E-state index contributed by atoms with van der Waals surface area (Å²) >= 11 is 0. The Morgan fingerprint density at radius 2 is 1.76 bits per heavy atom. The van der Waals surface area contributed by atoms with Gasteiger partial charge in [-0.1, -0.05) is 0 Å². The van der Waals surface area contributed by atoms with E-state index in [0.29, 0.717) is 31.5 Å². The Balaban J connectivity index is 1.62. The molecule has 1 aliphatic rings. The number of nitrogen functional groups attached to an aromatic ring is 1. The highest BCUT2D eigenvalue weighted by molar-refractivity contribution is 5.99. The van der Waals surface area contributed by atoms with Crippen molar-refractivity contribution >= 4 is 17.5 Å². The van der Waals surface area contributed by atoms with E-state index >= 15 is 0 Å². The number of anilines is 1. The second-order valence-electron chi connectivity index (χ2n) is 5.95. The van der Waals surface area contributed by atoms with Crippen LogP contribution in [0.1, 0.15) is 33.7 Å². The summed E-state index contributed by atoms with van der Waals surface area (Å²) in [6, 6.07) is 7.11. The normalized spacial score (nSPS) is 15.0. The van der Waals surface area contributed by atoms with E-state index in [-0.39, 0.29) is 29.1 Å². The van der Waals surface area contributed by atoms with Gasteiger partial charge >= 0.3 is 0 Å². The molecule has 0 atom stereocenters. The van der Waals surface area contributed by atoms with Crippen LogP contribution >= 0.6 is 0 Å². The quantitative estimate of drug-likeness (QED) is 0.852. The molecular weight excluding hydrogens is 320 g/mol. The Hall–Kier alpha value is -2.96. The molecule has 25 heavy (non-hydrogen) atoms. The lowest BCUT2D eigenvalue weighted by molar-refractivity contribution is 0.0646. The summed E-state index contributed by atoms with van der Waals surface area (Å²) in [6.45, 7) is 1.00. The van der Waals surface area contributed by atoms with E-state index in [1.807, 2.05) is 0 Å². The lowest BCUT2D eigenvalue weighted by atomic mass is 9.89. The first-order valence-corrected chi connectivity index (χ1v) is 8.14. The highest BCUT2D eigenvalue weighted by Crippen LogP contribution is 2.24. The molecule has 130 valence electrons. The zero-order valence-electron chi connectivity index (χ0n) is 14.0. The number of aromatic nitrogens is 2. The van der Waals surface area contributed by atoms with Crippen molar-refractivity contribution in [2.24, 2.45) is 5.92 Å². The fraction of sp³-hybridized carbons (Fsp3) is 0.333. The lowest BCUT2D eigenvalue weighted by Crippen LogP contribution is -2.41. The number of hydrogen-bond donors (Lipinski definition) is 1. The number of hydrogen-bond acceptors (Lipinski definition) is 6. The van der Waals surface area contributed by atoms with Gasteiger partial charge in [-0.2, -0.15) is 0 Å². The van der Waals surface area contributed by atoms with Gasteiger partial charge in [0.2, 0.25) is 0 Å². The van der Waals surface area contributed by atoms with Crippen LogP contribution in [0.15, 0.2) is 36.7 Å². The van der Waals surface area contributed by atoms with E-state index in [4.69, 9.17) is 10.5 Å². The van der Waals surface area contributed by atoms with E-state index in [2.05, 4.69) is 9.97 Å². The fourth-order valence-corrected chi connectivity index (χ4v) is 3.00. The number of benzene rings is 1. The summed E-state index contributed by atoms with van der Waals surface area (Å²) < 4.78 is 5.11. The number of Topliss-reactive ketones (excluding diaryl/α,β-unsaturated/α-hetero) is 1. The predicted molar refractivity (Wildman–Crippen MR) is 92.4 cm³/mol. The van der Waals surface area contributed by atoms with Crippen molar-refractivity contribution in [2.75, 3.05) is 25.9 Å². The van der Waals surface area contributed by atoms with Crippen molar-refractivity contribution in [3.05, 3.63) is 47.9 Å². The number of rotatable bonds is 4. The molecule has 2 N–H and O–H groups in total. The van der Waals surface area contributed by atoms with Crippen LogP contribution in [-0.2, 0) is 0 Å². The van der Waals surface area contributed by atoms with Gasteiger partial charge < -0.3 is 15.4 Å². The molecule has 1 amide bonds. The van der Waals surface area contributed by atoms with Gasteiger partial charge in [0, 0.05) is 37.0 Å². The maximum atomic E-state index is 12.6. The van der Waals surface area contributed by atoms with Crippen LogP contribution in [-0.4, -0.2) is 46.8 Å². The molecule has 3 rings (SSSR count). The van der Waals surface area contributed by atoms with Crippen molar-refractivity contribution in [2.45, 2.75) is 12.8 Å². The van der Waals surface area contributed by atoms with E-state index in [0.717, 1.165) is 5.75 Å².